The first-order chi connectivity index (χ1) is 11.8. The molecule has 4 rings (SSSR count). The third-order valence-corrected chi connectivity index (χ3v) is 4.85. The molecule has 0 saturated heterocycles. The molecule has 1 N–H and O–H groups in total. The van der Waals surface area contributed by atoms with Gasteiger partial charge < -0.3 is 5.32 Å². The number of hydrazine groups is 1. The molecule has 2 aliphatic rings. The number of benzene rings is 1. The van der Waals surface area contributed by atoms with Crippen LogP contribution in [0.25, 0.3) is 0 Å². The number of hydrogen-bond acceptors (Lipinski definition) is 3. The number of hydrogen-bond donors (Lipinski definition) is 1. The average Bonchev–Trinajstić information content (AvgIpc) is 3.03. The van der Waals surface area contributed by atoms with Gasteiger partial charge in [-0.1, -0.05) is 37.5 Å². The molecule has 0 atom stereocenters. The van der Waals surface area contributed by atoms with E-state index < -0.39 is 0 Å². The predicted octanol–water partition coefficient (Wildman–Crippen LogP) is 3.87. The lowest BCUT2D eigenvalue weighted by Gasteiger charge is -2.32. The van der Waals surface area contributed by atoms with E-state index >= 15 is 0 Å². The molecule has 1 fully saturated rings. The first-order valence-electron chi connectivity index (χ1n) is 8.69. The Balaban J connectivity index is 1.62. The van der Waals surface area contributed by atoms with Crippen LogP contribution in [0.3, 0.4) is 0 Å². The fourth-order valence-electron chi connectivity index (χ4n) is 3.63. The number of para-hydroxylation sites is 1. The Kier molecular flexibility index (Phi) is 4.07. The lowest BCUT2D eigenvalue weighted by atomic mass is 9.96. The van der Waals surface area contributed by atoms with Gasteiger partial charge in [0.1, 0.15) is 0 Å². The molecule has 1 aliphatic heterocycles. The minimum absolute atomic E-state index is 0.0456. The SMILES string of the molecule is O=C(NC1CCCCC1)N1c2ccccc2CN1c1cccnc1. The van der Waals surface area contributed by atoms with E-state index in [0.29, 0.717) is 6.54 Å². The molecule has 1 aromatic carbocycles. The van der Waals surface area contributed by atoms with Gasteiger partial charge in [-0.2, -0.15) is 0 Å². The number of urea groups is 1. The second-order valence-corrected chi connectivity index (χ2v) is 6.49. The van der Waals surface area contributed by atoms with Crippen LogP contribution in [-0.4, -0.2) is 17.1 Å². The van der Waals surface area contributed by atoms with E-state index in [1.807, 2.05) is 35.3 Å². The number of amides is 2. The van der Waals surface area contributed by atoms with Crippen molar-refractivity contribution >= 4 is 17.4 Å². The van der Waals surface area contributed by atoms with Gasteiger partial charge in [0.15, 0.2) is 0 Å². The van der Waals surface area contributed by atoms with Crippen molar-refractivity contribution in [1.82, 2.24) is 10.3 Å². The van der Waals surface area contributed by atoms with Crippen molar-refractivity contribution in [1.29, 1.82) is 0 Å². The van der Waals surface area contributed by atoms with Gasteiger partial charge in [0, 0.05) is 12.2 Å². The maximum Gasteiger partial charge on any atom is 0.341 e. The van der Waals surface area contributed by atoms with E-state index in [1.165, 1.54) is 19.3 Å². The standard InChI is InChI=1S/C19H22N4O/c24-19(21-16-8-2-1-3-9-16)23-18-11-5-4-7-15(18)14-22(23)17-10-6-12-20-13-17/h4-7,10-13,16H,1-3,8-9,14H2,(H,21,24). The molecule has 5 nitrogen and oxygen atoms in total. The highest BCUT2D eigenvalue weighted by atomic mass is 16.2. The minimum atomic E-state index is -0.0456. The molecule has 2 aromatic rings. The fraction of sp³-hybridized carbons (Fsp3) is 0.368. The van der Waals surface area contributed by atoms with Crippen LogP contribution >= 0.6 is 0 Å². The van der Waals surface area contributed by atoms with E-state index in [0.717, 1.165) is 29.8 Å². The lowest BCUT2D eigenvalue weighted by molar-refractivity contribution is 0.238. The number of carbonyl (C=O) groups is 1. The number of pyridine rings is 1. The highest BCUT2D eigenvalue weighted by molar-refractivity contribution is 5.97. The van der Waals surface area contributed by atoms with Crippen LogP contribution in [0, 0.1) is 0 Å². The molecule has 2 amide bonds. The average molecular weight is 322 g/mol. The van der Waals surface area contributed by atoms with E-state index in [9.17, 15) is 4.79 Å². The van der Waals surface area contributed by atoms with Crippen molar-refractivity contribution in [3.8, 4) is 0 Å². The van der Waals surface area contributed by atoms with Gasteiger partial charge in [-0.15, -0.1) is 0 Å². The lowest BCUT2D eigenvalue weighted by Crippen LogP contribution is -2.51. The van der Waals surface area contributed by atoms with E-state index in [1.54, 1.807) is 17.4 Å². The molecule has 124 valence electrons. The number of anilines is 2. The molecule has 0 bridgehead atoms. The zero-order chi connectivity index (χ0) is 16.4. The highest BCUT2D eigenvalue weighted by Gasteiger charge is 2.33. The van der Waals surface area contributed by atoms with Crippen LogP contribution in [0.1, 0.15) is 37.7 Å². The van der Waals surface area contributed by atoms with Gasteiger partial charge in [0.2, 0.25) is 0 Å². The molecule has 0 unspecified atom stereocenters. The normalized spacial score (nSPS) is 17.7. The second-order valence-electron chi connectivity index (χ2n) is 6.49. The van der Waals surface area contributed by atoms with Crippen molar-refractivity contribution in [2.45, 2.75) is 44.7 Å². The number of fused-ring (bicyclic) bond motifs is 1. The van der Waals surface area contributed by atoms with Gasteiger partial charge in [-0.25, -0.2) is 9.80 Å². The Morgan fingerprint density at radius 1 is 1.08 bits per heavy atom. The van der Waals surface area contributed by atoms with Crippen LogP contribution in [0.15, 0.2) is 48.8 Å². The number of carbonyl (C=O) groups excluding carboxylic acids is 1. The van der Waals surface area contributed by atoms with Gasteiger partial charge in [-0.3, -0.25) is 9.99 Å². The van der Waals surface area contributed by atoms with E-state index in [4.69, 9.17) is 0 Å². The molecule has 2 heterocycles. The van der Waals surface area contributed by atoms with E-state index in [-0.39, 0.29) is 12.1 Å². The molecular formula is C19H22N4O. The Labute approximate surface area is 142 Å². The summed E-state index contributed by atoms with van der Waals surface area (Å²) in [7, 11) is 0. The van der Waals surface area contributed by atoms with Gasteiger partial charge in [0.05, 0.1) is 24.1 Å². The third kappa shape index (κ3) is 2.82. The van der Waals surface area contributed by atoms with Gasteiger partial charge >= 0.3 is 6.03 Å². The summed E-state index contributed by atoms with van der Waals surface area (Å²) in [5.41, 5.74) is 3.03. The van der Waals surface area contributed by atoms with Crippen molar-refractivity contribution in [2.24, 2.45) is 0 Å². The smallest absolute Gasteiger partial charge is 0.334 e. The zero-order valence-electron chi connectivity index (χ0n) is 13.7. The Morgan fingerprint density at radius 2 is 1.92 bits per heavy atom. The summed E-state index contributed by atoms with van der Waals surface area (Å²) in [5, 5.41) is 6.99. The summed E-state index contributed by atoms with van der Waals surface area (Å²) in [5.74, 6) is 0. The molecule has 5 heteroatoms. The van der Waals surface area contributed by atoms with Crippen LogP contribution in [0.5, 0.6) is 0 Å². The quantitative estimate of drug-likeness (QED) is 0.913. The Bertz CT molecular complexity index is 712. The number of aromatic nitrogens is 1. The maximum atomic E-state index is 13.0. The van der Waals surface area contributed by atoms with E-state index in [2.05, 4.69) is 16.4 Å². The summed E-state index contributed by atoms with van der Waals surface area (Å²) in [6, 6.07) is 12.2. The summed E-state index contributed by atoms with van der Waals surface area (Å²) in [6.45, 7) is 0.681. The molecule has 1 saturated carbocycles. The van der Waals surface area contributed by atoms with Crippen LogP contribution in [-0.2, 0) is 6.54 Å². The van der Waals surface area contributed by atoms with Gasteiger partial charge in [0.25, 0.3) is 0 Å². The molecule has 1 aliphatic carbocycles. The predicted molar refractivity (Wildman–Crippen MR) is 94.7 cm³/mol. The molecular weight excluding hydrogens is 300 g/mol. The minimum Gasteiger partial charge on any atom is -0.334 e. The summed E-state index contributed by atoms with van der Waals surface area (Å²) < 4.78 is 0. The summed E-state index contributed by atoms with van der Waals surface area (Å²) in [6.07, 6.45) is 9.39. The van der Waals surface area contributed by atoms with Crippen LogP contribution < -0.4 is 15.3 Å². The topological polar surface area (TPSA) is 48.5 Å². The fourth-order valence-corrected chi connectivity index (χ4v) is 3.63. The number of nitrogens with one attached hydrogen (secondary N) is 1. The van der Waals surface area contributed by atoms with Crippen LogP contribution in [0.4, 0.5) is 16.2 Å². The second kappa shape index (κ2) is 6.51. The summed E-state index contributed by atoms with van der Waals surface area (Å²) in [4.78, 5) is 17.2. The van der Waals surface area contributed by atoms with Crippen molar-refractivity contribution in [3.63, 3.8) is 0 Å². The molecule has 24 heavy (non-hydrogen) atoms. The van der Waals surface area contributed by atoms with Gasteiger partial charge in [-0.05, 0) is 36.6 Å². The third-order valence-electron chi connectivity index (χ3n) is 4.85. The maximum absolute atomic E-state index is 13.0. The highest BCUT2D eigenvalue weighted by Crippen LogP contribution is 2.34. The number of rotatable bonds is 2. The largest absolute Gasteiger partial charge is 0.341 e. The first kappa shape index (κ1) is 15.0. The molecule has 1 aromatic heterocycles. The Morgan fingerprint density at radius 3 is 2.71 bits per heavy atom. The monoisotopic (exact) mass is 322 g/mol. The summed E-state index contributed by atoms with van der Waals surface area (Å²) >= 11 is 0. The molecule has 0 spiro atoms. The van der Waals surface area contributed by atoms with Crippen molar-refractivity contribution in [3.05, 3.63) is 54.4 Å². The molecule has 0 radical (unpaired) electrons. The number of nitrogens with zero attached hydrogens (tertiary/aromatic N) is 3. The van der Waals surface area contributed by atoms with Crippen molar-refractivity contribution in [2.75, 3.05) is 10.0 Å². The Hall–Kier alpha value is -2.56. The van der Waals surface area contributed by atoms with Crippen molar-refractivity contribution < 1.29 is 4.79 Å². The first-order valence-corrected chi connectivity index (χ1v) is 8.69. The zero-order valence-corrected chi connectivity index (χ0v) is 13.7. The van der Waals surface area contributed by atoms with Crippen LogP contribution in [0.2, 0.25) is 0 Å².